The van der Waals surface area contributed by atoms with Gasteiger partial charge in [0.1, 0.15) is 17.3 Å². The van der Waals surface area contributed by atoms with E-state index in [9.17, 15) is 5.11 Å². The monoisotopic (exact) mass is 651 g/mol. The normalized spacial score (nSPS) is 17.9. The van der Waals surface area contributed by atoms with Crippen LogP contribution in [0, 0.1) is 0 Å². The highest BCUT2D eigenvalue weighted by Crippen LogP contribution is 2.39. The van der Waals surface area contributed by atoms with Crippen molar-refractivity contribution in [2.45, 2.75) is 38.1 Å². The molecule has 3 N–H and O–H groups in total. The molecule has 0 radical (unpaired) electrons. The minimum absolute atomic E-state index is 0.150. The second-order valence-electron chi connectivity index (χ2n) is 11.6. The summed E-state index contributed by atoms with van der Waals surface area (Å²) >= 11 is 3.59. The first-order chi connectivity index (χ1) is 21.0. The van der Waals surface area contributed by atoms with Crippen molar-refractivity contribution in [1.29, 1.82) is 0 Å². The van der Waals surface area contributed by atoms with Crippen molar-refractivity contribution < 1.29 is 14.6 Å². The molecule has 0 amide bonds. The van der Waals surface area contributed by atoms with Gasteiger partial charge in [-0.25, -0.2) is 4.98 Å². The van der Waals surface area contributed by atoms with E-state index in [2.05, 4.69) is 71.5 Å². The Balaban J connectivity index is 1.21. The van der Waals surface area contributed by atoms with Crippen molar-refractivity contribution in [2.24, 2.45) is 0 Å². The van der Waals surface area contributed by atoms with Gasteiger partial charge in [0.15, 0.2) is 0 Å². The summed E-state index contributed by atoms with van der Waals surface area (Å²) in [5, 5.41) is 16.5. The third kappa shape index (κ3) is 6.85. The lowest BCUT2D eigenvalue weighted by molar-refractivity contribution is 0.0982. The number of ether oxygens (including phenoxy) is 2. The molecule has 2 aromatic carbocycles. The van der Waals surface area contributed by atoms with Gasteiger partial charge in [0.05, 0.1) is 29.6 Å². The maximum absolute atomic E-state index is 9.66. The van der Waals surface area contributed by atoms with Crippen molar-refractivity contribution >= 4 is 44.8 Å². The summed E-state index contributed by atoms with van der Waals surface area (Å²) in [5.41, 5.74) is 5.23. The summed E-state index contributed by atoms with van der Waals surface area (Å²) < 4.78 is 12.5. The smallest absolute Gasteiger partial charge is 0.229 e. The average molecular weight is 653 g/mol. The van der Waals surface area contributed by atoms with Gasteiger partial charge in [0.2, 0.25) is 5.95 Å². The number of aliphatic hydroxyl groups is 1. The standard InChI is InChI=1S/C32H42BrN7O3/c1-38-13-15-39(16-14-38)24-8-11-40(12-9-24)28-20-29(42-2)27(19-23(28)6-4-17-41)36-32-34-21-25(33)31(37-32)35-26-7-3-5-22-10-18-43-30(22)26/h3,5,7,19-21,24,41H,4,6,8-18H2,1-2H3,(H2,34,35,36,37). The summed E-state index contributed by atoms with van der Waals surface area (Å²) in [6.45, 7) is 7.49. The second-order valence-corrected chi connectivity index (χ2v) is 12.5. The average Bonchev–Trinajstić information content (AvgIpc) is 3.52. The molecule has 2 saturated heterocycles. The van der Waals surface area contributed by atoms with Gasteiger partial charge >= 0.3 is 0 Å². The molecule has 10 nitrogen and oxygen atoms in total. The van der Waals surface area contributed by atoms with Crippen molar-refractivity contribution in [3.63, 3.8) is 0 Å². The first-order valence-electron chi connectivity index (χ1n) is 15.3. The van der Waals surface area contributed by atoms with Crippen LogP contribution >= 0.6 is 15.9 Å². The molecule has 0 unspecified atom stereocenters. The van der Waals surface area contributed by atoms with Gasteiger partial charge in [-0.05, 0) is 71.9 Å². The summed E-state index contributed by atoms with van der Waals surface area (Å²) in [4.78, 5) is 16.9. The predicted molar refractivity (Wildman–Crippen MR) is 175 cm³/mol. The lowest BCUT2D eigenvalue weighted by Crippen LogP contribution is -2.52. The number of aliphatic hydroxyl groups excluding tert-OH is 1. The first kappa shape index (κ1) is 29.9. The Morgan fingerprint density at radius 1 is 1.07 bits per heavy atom. The zero-order chi connectivity index (χ0) is 29.8. The highest BCUT2D eigenvalue weighted by atomic mass is 79.9. The Labute approximate surface area is 262 Å². The van der Waals surface area contributed by atoms with Gasteiger partial charge in [0, 0.05) is 76.3 Å². The van der Waals surface area contributed by atoms with E-state index in [4.69, 9.17) is 14.5 Å². The molecule has 6 rings (SSSR count). The number of hydrogen-bond donors (Lipinski definition) is 3. The number of nitrogens with one attached hydrogen (secondary N) is 2. The molecule has 3 aromatic rings. The molecule has 3 aliphatic heterocycles. The lowest BCUT2D eigenvalue weighted by atomic mass is 9.99. The van der Waals surface area contributed by atoms with Crippen LogP contribution in [0.4, 0.5) is 28.8 Å². The molecule has 0 saturated carbocycles. The van der Waals surface area contributed by atoms with E-state index in [1.165, 1.54) is 16.8 Å². The van der Waals surface area contributed by atoms with Crippen molar-refractivity contribution in [3.05, 3.63) is 52.1 Å². The Kier molecular flexibility index (Phi) is 9.52. The fourth-order valence-corrected chi connectivity index (χ4v) is 6.67. The minimum atomic E-state index is 0.150. The van der Waals surface area contributed by atoms with Gasteiger partial charge in [-0.15, -0.1) is 0 Å². The fourth-order valence-electron chi connectivity index (χ4n) is 6.38. The van der Waals surface area contributed by atoms with Crippen molar-refractivity contribution in [1.82, 2.24) is 19.8 Å². The van der Waals surface area contributed by atoms with Crippen LogP contribution in [0.5, 0.6) is 11.5 Å². The van der Waals surface area contributed by atoms with Crippen LogP contribution in [0.3, 0.4) is 0 Å². The Bertz CT molecular complexity index is 1410. The molecule has 0 spiro atoms. The van der Waals surface area contributed by atoms with E-state index < -0.39 is 0 Å². The summed E-state index contributed by atoms with van der Waals surface area (Å²) in [6, 6.07) is 11.0. The largest absolute Gasteiger partial charge is 0.494 e. The van der Waals surface area contributed by atoms with E-state index in [0.717, 1.165) is 92.3 Å². The molecule has 43 heavy (non-hydrogen) atoms. The van der Waals surface area contributed by atoms with E-state index in [1.54, 1.807) is 13.3 Å². The van der Waals surface area contributed by atoms with Crippen molar-refractivity contribution in [2.75, 3.05) is 82.2 Å². The molecule has 4 heterocycles. The number of anilines is 5. The fraction of sp³-hybridized carbons (Fsp3) is 0.500. The highest BCUT2D eigenvalue weighted by molar-refractivity contribution is 9.10. The van der Waals surface area contributed by atoms with E-state index >= 15 is 0 Å². The van der Waals surface area contributed by atoms with Gasteiger partial charge in [-0.2, -0.15) is 4.98 Å². The Morgan fingerprint density at radius 3 is 2.65 bits per heavy atom. The molecule has 0 atom stereocenters. The highest BCUT2D eigenvalue weighted by Gasteiger charge is 2.28. The lowest BCUT2D eigenvalue weighted by Gasteiger charge is -2.43. The minimum Gasteiger partial charge on any atom is -0.494 e. The zero-order valence-electron chi connectivity index (χ0n) is 25.1. The number of aromatic nitrogens is 2. The molecule has 0 bridgehead atoms. The number of halogens is 1. The van der Waals surface area contributed by atoms with Gasteiger partial charge < -0.3 is 35.0 Å². The number of rotatable bonds is 10. The molecule has 1 aromatic heterocycles. The van der Waals surface area contributed by atoms with Crippen LogP contribution in [0.25, 0.3) is 0 Å². The summed E-state index contributed by atoms with van der Waals surface area (Å²) in [5.74, 6) is 2.70. The van der Waals surface area contributed by atoms with Crippen LogP contribution in [-0.4, -0.2) is 97.6 Å². The number of likely N-dealkylation sites (N-methyl/N-ethyl adjacent to an activating group) is 1. The van der Waals surface area contributed by atoms with Gasteiger partial charge in [0.25, 0.3) is 0 Å². The number of piperazine rings is 1. The summed E-state index contributed by atoms with van der Waals surface area (Å²) in [7, 11) is 3.91. The molecular formula is C32H42BrN7O3. The van der Waals surface area contributed by atoms with Crippen LogP contribution in [0.1, 0.15) is 30.4 Å². The number of para-hydroxylation sites is 1. The van der Waals surface area contributed by atoms with Crippen LogP contribution in [0.15, 0.2) is 41.0 Å². The quantitative estimate of drug-likeness (QED) is 0.283. The number of nitrogens with zero attached hydrogens (tertiary/aromatic N) is 5. The maximum Gasteiger partial charge on any atom is 0.229 e. The SMILES string of the molecule is COc1cc(N2CCC(N3CCN(C)CC3)CC2)c(CCCO)cc1Nc1ncc(Br)c(Nc2cccc3c2OCC3)n1. The Hall–Kier alpha value is -3.12. The van der Waals surface area contributed by atoms with Gasteiger partial charge in [-0.1, -0.05) is 12.1 Å². The van der Waals surface area contributed by atoms with Crippen LogP contribution < -0.4 is 25.0 Å². The third-order valence-corrected chi connectivity index (χ3v) is 9.40. The first-order valence-corrected chi connectivity index (χ1v) is 16.1. The molecular weight excluding hydrogens is 610 g/mol. The molecule has 2 fully saturated rings. The number of benzene rings is 2. The second kappa shape index (κ2) is 13.7. The molecule has 230 valence electrons. The van der Waals surface area contributed by atoms with E-state index in [-0.39, 0.29) is 6.61 Å². The number of methoxy groups -OCH3 is 1. The van der Waals surface area contributed by atoms with Crippen LogP contribution in [0.2, 0.25) is 0 Å². The number of aryl methyl sites for hydroxylation is 1. The Morgan fingerprint density at radius 2 is 1.88 bits per heavy atom. The molecule has 11 heteroatoms. The van der Waals surface area contributed by atoms with Crippen molar-refractivity contribution in [3.8, 4) is 11.5 Å². The third-order valence-electron chi connectivity index (χ3n) is 8.82. The van der Waals surface area contributed by atoms with E-state index in [0.29, 0.717) is 30.8 Å². The number of fused-ring (bicyclic) bond motifs is 1. The maximum atomic E-state index is 9.66. The number of hydrogen-bond acceptors (Lipinski definition) is 10. The van der Waals surface area contributed by atoms with E-state index in [1.807, 2.05) is 12.1 Å². The van der Waals surface area contributed by atoms with Gasteiger partial charge in [-0.3, -0.25) is 4.90 Å². The predicted octanol–water partition coefficient (Wildman–Crippen LogP) is 4.81. The number of piperidine rings is 1. The summed E-state index contributed by atoms with van der Waals surface area (Å²) in [6.07, 6.45) is 6.43. The van der Waals surface area contributed by atoms with Crippen LogP contribution in [-0.2, 0) is 12.8 Å². The molecule has 3 aliphatic rings. The zero-order valence-corrected chi connectivity index (χ0v) is 26.7. The molecule has 0 aliphatic carbocycles. The topological polar surface area (TPSA) is 98.3 Å².